The van der Waals surface area contributed by atoms with Crippen molar-refractivity contribution in [2.75, 3.05) is 13.1 Å². The minimum absolute atomic E-state index is 0.0823. The predicted molar refractivity (Wildman–Crippen MR) is 97.2 cm³/mol. The minimum Gasteiger partial charge on any atom is -0.348 e. The first-order valence-electron chi connectivity index (χ1n) is 8.95. The van der Waals surface area contributed by atoms with Crippen LogP contribution in [0.3, 0.4) is 0 Å². The Morgan fingerprint density at radius 3 is 2.79 bits per heavy atom. The van der Waals surface area contributed by atoms with Crippen LogP contribution in [0.15, 0.2) is 53.1 Å². The second-order valence-corrected chi connectivity index (χ2v) is 6.70. The quantitative estimate of drug-likeness (QED) is 0.732. The first kappa shape index (κ1) is 18.2. The van der Waals surface area contributed by atoms with E-state index in [2.05, 4.69) is 20.4 Å². The van der Waals surface area contributed by atoms with Crippen molar-refractivity contribution in [1.82, 2.24) is 20.4 Å². The lowest BCUT2D eigenvalue weighted by Gasteiger charge is -2.15. The Morgan fingerprint density at radius 2 is 2.00 bits per heavy atom. The first-order chi connectivity index (χ1) is 13.6. The monoisotopic (exact) mass is 384 g/mol. The fourth-order valence-electron chi connectivity index (χ4n) is 3.22. The van der Waals surface area contributed by atoms with Gasteiger partial charge in [0.2, 0.25) is 0 Å². The Labute approximate surface area is 160 Å². The molecular weight excluding hydrogens is 366 g/mol. The van der Waals surface area contributed by atoms with Gasteiger partial charge in [0.15, 0.2) is 17.5 Å². The van der Waals surface area contributed by atoms with Crippen molar-refractivity contribution in [3.8, 4) is 11.5 Å². The number of aromatic nitrogens is 2. The van der Waals surface area contributed by atoms with Gasteiger partial charge in [0.25, 0.3) is 11.8 Å². The highest BCUT2D eigenvalue weighted by molar-refractivity contribution is 5.94. The molecule has 1 aliphatic heterocycles. The molecule has 0 unspecified atom stereocenters. The number of hydrogen-bond acceptors (Lipinski definition) is 5. The number of nitrogens with zero attached hydrogens (tertiary/aromatic N) is 3. The average molecular weight is 384 g/mol. The van der Waals surface area contributed by atoms with Crippen LogP contribution in [0.25, 0.3) is 11.5 Å². The van der Waals surface area contributed by atoms with E-state index in [-0.39, 0.29) is 11.6 Å². The van der Waals surface area contributed by atoms with E-state index in [9.17, 15) is 13.6 Å². The van der Waals surface area contributed by atoms with Crippen LogP contribution < -0.4 is 5.32 Å². The van der Waals surface area contributed by atoms with Gasteiger partial charge in [0.05, 0.1) is 6.54 Å². The third-order valence-corrected chi connectivity index (χ3v) is 4.64. The lowest BCUT2D eigenvalue weighted by atomic mass is 10.1. The van der Waals surface area contributed by atoms with Crippen LogP contribution in [-0.2, 0) is 6.54 Å². The molecule has 2 aromatic carbocycles. The van der Waals surface area contributed by atoms with Gasteiger partial charge in [-0.3, -0.25) is 9.69 Å². The second-order valence-electron chi connectivity index (χ2n) is 6.70. The van der Waals surface area contributed by atoms with Crippen molar-refractivity contribution in [3.63, 3.8) is 0 Å². The van der Waals surface area contributed by atoms with E-state index < -0.39 is 17.5 Å². The maximum absolute atomic E-state index is 13.3. The fraction of sp³-hybridized carbons (Fsp3) is 0.250. The highest BCUT2D eigenvalue weighted by Gasteiger charge is 2.25. The molecule has 1 N–H and O–H groups in total. The minimum atomic E-state index is -1.04. The van der Waals surface area contributed by atoms with Gasteiger partial charge >= 0.3 is 0 Å². The molecule has 1 aliphatic rings. The van der Waals surface area contributed by atoms with Gasteiger partial charge in [-0.05, 0) is 36.8 Å². The SMILES string of the molecule is O=C(N[C@@H]1CCN(Cc2noc(-c3ccccc3)n2)C1)c1ccc(F)c(F)c1. The number of amides is 1. The molecular formula is C20H18F2N4O2. The van der Waals surface area contributed by atoms with Gasteiger partial charge in [-0.2, -0.15) is 4.98 Å². The zero-order valence-electron chi connectivity index (χ0n) is 14.9. The van der Waals surface area contributed by atoms with Crippen LogP contribution in [0.4, 0.5) is 8.78 Å². The third-order valence-electron chi connectivity index (χ3n) is 4.64. The van der Waals surface area contributed by atoms with E-state index >= 15 is 0 Å². The molecule has 0 aliphatic carbocycles. The van der Waals surface area contributed by atoms with Crippen LogP contribution in [0.5, 0.6) is 0 Å². The Balaban J connectivity index is 1.32. The zero-order valence-corrected chi connectivity index (χ0v) is 14.9. The maximum Gasteiger partial charge on any atom is 0.257 e. The molecule has 0 radical (unpaired) electrons. The van der Waals surface area contributed by atoms with E-state index in [1.54, 1.807) is 0 Å². The lowest BCUT2D eigenvalue weighted by Crippen LogP contribution is -2.37. The number of carbonyl (C=O) groups is 1. The number of rotatable bonds is 5. The van der Waals surface area contributed by atoms with Crippen LogP contribution in [0, 0.1) is 11.6 Å². The summed E-state index contributed by atoms with van der Waals surface area (Å²) in [6, 6.07) is 12.6. The van der Waals surface area contributed by atoms with Gasteiger partial charge < -0.3 is 9.84 Å². The topological polar surface area (TPSA) is 71.3 Å². The van der Waals surface area contributed by atoms with Crippen molar-refractivity contribution in [3.05, 3.63) is 71.6 Å². The Bertz CT molecular complexity index is 977. The summed E-state index contributed by atoms with van der Waals surface area (Å²) >= 11 is 0. The maximum atomic E-state index is 13.3. The van der Waals surface area contributed by atoms with Crippen molar-refractivity contribution in [2.45, 2.75) is 19.0 Å². The van der Waals surface area contributed by atoms with Gasteiger partial charge in [-0.1, -0.05) is 23.4 Å². The molecule has 1 aromatic heterocycles. The number of carbonyl (C=O) groups excluding carboxylic acids is 1. The lowest BCUT2D eigenvalue weighted by molar-refractivity contribution is 0.0937. The van der Waals surface area contributed by atoms with E-state index in [0.29, 0.717) is 24.8 Å². The molecule has 4 rings (SSSR count). The molecule has 6 nitrogen and oxygen atoms in total. The number of nitrogens with one attached hydrogen (secondary N) is 1. The van der Waals surface area contributed by atoms with Gasteiger partial charge in [0, 0.05) is 30.3 Å². The highest BCUT2D eigenvalue weighted by Crippen LogP contribution is 2.18. The standard InChI is InChI=1S/C20H18F2N4O2/c21-16-7-6-14(10-17(16)22)19(27)23-15-8-9-26(11-15)12-18-24-20(28-25-18)13-4-2-1-3-5-13/h1-7,10,15H,8-9,11-12H2,(H,23,27)/t15-/m1/s1. The molecule has 1 saturated heterocycles. The van der Waals surface area contributed by atoms with Crippen LogP contribution in [0.2, 0.25) is 0 Å². The second kappa shape index (κ2) is 7.85. The summed E-state index contributed by atoms with van der Waals surface area (Å²) in [7, 11) is 0. The van der Waals surface area contributed by atoms with Crippen molar-refractivity contribution in [1.29, 1.82) is 0 Å². The molecule has 0 saturated carbocycles. The summed E-state index contributed by atoms with van der Waals surface area (Å²) in [4.78, 5) is 18.7. The summed E-state index contributed by atoms with van der Waals surface area (Å²) in [5.74, 6) is -1.38. The van der Waals surface area contributed by atoms with E-state index in [1.165, 1.54) is 6.07 Å². The average Bonchev–Trinajstić information content (AvgIpc) is 3.34. The van der Waals surface area contributed by atoms with Gasteiger partial charge in [-0.15, -0.1) is 0 Å². The fourth-order valence-corrected chi connectivity index (χ4v) is 3.22. The number of likely N-dealkylation sites (tertiary alicyclic amines) is 1. The predicted octanol–water partition coefficient (Wildman–Crippen LogP) is 3.02. The summed E-state index contributed by atoms with van der Waals surface area (Å²) in [5.41, 5.74) is 0.961. The summed E-state index contributed by atoms with van der Waals surface area (Å²) in [6.45, 7) is 1.89. The van der Waals surface area contributed by atoms with E-state index in [0.717, 1.165) is 30.7 Å². The van der Waals surface area contributed by atoms with E-state index in [1.807, 2.05) is 30.3 Å². The molecule has 28 heavy (non-hydrogen) atoms. The summed E-state index contributed by atoms with van der Waals surface area (Å²) < 4.78 is 31.6. The largest absolute Gasteiger partial charge is 0.348 e. The zero-order chi connectivity index (χ0) is 19.5. The van der Waals surface area contributed by atoms with Gasteiger partial charge in [-0.25, -0.2) is 8.78 Å². The molecule has 1 amide bonds. The Hall–Kier alpha value is -3.13. The van der Waals surface area contributed by atoms with E-state index in [4.69, 9.17) is 4.52 Å². The highest BCUT2D eigenvalue weighted by atomic mass is 19.2. The Kier molecular flexibility index (Phi) is 5.12. The molecule has 8 heteroatoms. The number of halogens is 2. The third kappa shape index (κ3) is 4.07. The smallest absolute Gasteiger partial charge is 0.257 e. The number of hydrogen-bond donors (Lipinski definition) is 1. The summed E-state index contributed by atoms with van der Waals surface area (Å²) in [6.07, 6.45) is 0.749. The molecule has 1 atom stereocenters. The van der Waals surface area contributed by atoms with Crippen molar-refractivity contribution >= 4 is 5.91 Å². The normalized spacial score (nSPS) is 17.0. The molecule has 0 spiro atoms. The van der Waals surface area contributed by atoms with Gasteiger partial charge in [0.1, 0.15) is 0 Å². The first-order valence-corrected chi connectivity index (χ1v) is 8.95. The van der Waals surface area contributed by atoms with Crippen LogP contribution >= 0.6 is 0 Å². The summed E-state index contributed by atoms with van der Waals surface area (Å²) in [5, 5.41) is 6.87. The molecule has 1 fully saturated rings. The molecule has 0 bridgehead atoms. The molecule has 3 aromatic rings. The number of benzene rings is 2. The van der Waals surface area contributed by atoms with Crippen molar-refractivity contribution < 1.29 is 18.1 Å². The van der Waals surface area contributed by atoms with Crippen molar-refractivity contribution in [2.24, 2.45) is 0 Å². The Morgan fingerprint density at radius 1 is 1.18 bits per heavy atom. The molecule has 144 valence electrons. The van der Waals surface area contributed by atoms with Crippen LogP contribution in [0.1, 0.15) is 22.6 Å². The van der Waals surface area contributed by atoms with Crippen LogP contribution in [-0.4, -0.2) is 40.1 Å². The molecule has 2 heterocycles.